The highest BCUT2D eigenvalue weighted by molar-refractivity contribution is 6.03. The number of rotatable bonds is 6. The van der Waals surface area contributed by atoms with Gasteiger partial charge in [-0.2, -0.15) is 26.3 Å². The number of hydrogen-bond donors (Lipinski definition) is 2. The van der Waals surface area contributed by atoms with E-state index in [2.05, 4.69) is 9.97 Å². The molecule has 226 valence electrons. The molecular weight excluding hydrogens is 566 g/mol. The van der Waals surface area contributed by atoms with E-state index in [9.17, 15) is 41.4 Å². The zero-order valence-electron chi connectivity index (χ0n) is 23.3. The number of carbonyl (C=O) groups is 1. The van der Waals surface area contributed by atoms with Crippen molar-refractivity contribution in [3.8, 4) is 11.1 Å². The maximum Gasteiger partial charge on any atom is 0.416 e. The molecule has 1 aliphatic heterocycles. The molecule has 42 heavy (non-hydrogen) atoms. The van der Waals surface area contributed by atoms with Crippen molar-refractivity contribution in [2.75, 3.05) is 30.0 Å². The number of alkyl halides is 6. The third-order valence-corrected chi connectivity index (χ3v) is 7.67. The van der Waals surface area contributed by atoms with Crippen molar-refractivity contribution in [1.82, 2.24) is 9.97 Å². The number of aromatic nitrogens is 2. The van der Waals surface area contributed by atoms with Crippen LogP contribution in [-0.4, -0.2) is 58.4 Å². The van der Waals surface area contributed by atoms with Gasteiger partial charge in [0.2, 0.25) is 5.91 Å². The lowest BCUT2D eigenvalue weighted by Crippen LogP contribution is -2.42. The van der Waals surface area contributed by atoms with Crippen molar-refractivity contribution in [3.05, 3.63) is 71.2 Å². The van der Waals surface area contributed by atoms with Crippen molar-refractivity contribution in [1.29, 1.82) is 0 Å². The van der Waals surface area contributed by atoms with E-state index in [1.54, 1.807) is 36.2 Å². The first-order valence-electron chi connectivity index (χ1n) is 13.0. The van der Waals surface area contributed by atoms with E-state index >= 15 is 0 Å². The summed E-state index contributed by atoms with van der Waals surface area (Å²) in [4.78, 5) is 25.5. The van der Waals surface area contributed by atoms with Crippen LogP contribution in [0.5, 0.6) is 0 Å². The fraction of sp³-hybridized carbons (Fsp3) is 0.414. The van der Waals surface area contributed by atoms with Crippen LogP contribution in [0.15, 0.2) is 48.8 Å². The van der Waals surface area contributed by atoms with Crippen LogP contribution in [0.4, 0.5) is 37.8 Å². The normalized spacial score (nSPS) is 18.0. The van der Waals surface area contributed by atoms with E-state index in [1.807, 2.05) is 0 Å². The standard InChI is InChI=1S/C29H30F6N4O3/c1-16-20(6-5-8-36-16)21-13-25(39-9-7-24(41)23(39)15-40)37-14-22(21)38(4)26(42)27(2,3)17-10-18(28(30,31)32)12-19(11-17)29(33,34)35/h5-6,8,10-14,23-24,40-41H,7,9,15H2,1-4H3/t23-,24+/m1/s1. The van der Waals surface area contributed by atoms with Gasteiger partial charge in [0.15, 0.2) is 0 Å². The molecule has 1 aromatic carbocycles. The minimum atomic E-state index is -5.07. The van der Waals surface area contributed by atoms with Crippen LogP contribution in [0, 0.1) is 6.92 Å². The Bertz CT molecular complexity index is 1440. The molecule has 13 heteroatoms. The molecule has 4 rings (SSSR count). The van der Waals surface area contributed by atoms with Crippen LogP contribution in [0.2, 0.25) is 0 Å². The molecule has 7 nitrogen and oxygen atoms in total. The van der Waals surface area contributed by atoms with Crippen LogP contribution >= 0.6 is 0 Å². The lowest BCUT2D eigenvalue weighted by molar-refractivity contribution is -0.143. The van der Waals surface area contributed by atoms with Crippen LogP contribution in [-0.2, 0) is 22.6 Å². The molecule has 1 aliphatic rings. The number of anilines is 2. The molecule has 0 radical (unpaired) electrons. The van der Waals surface area contributed by atoms with Gasteiger partial charge in [-0.25, -0.2) is 4.98 Å². The van der Waals surface area contributed by atoms with Crippen molar-refractivity contribution in [3.63, 3.8) is 0 Å². The topological polar surface area (TPSA) is 89.8 Å². The molecule has 0 aliphatic carbocycles. The Hall–Kier alpha value is -3.71. The lowest BCUT2D eigenvalue weighted by Gasteiger charge is -2.32. The smallest absolute Gasteiger partial charge is 0.394 e. The summed E-state index contributed by atoms with van der Waals surface area (Å²) >= 11 is 0. The van der Waals surface area contributed by atoms with Gasteiger partial charge in [0, 0.05) is 36.6 Å². The van der Waals surface area contributed by atoms with Crippen molar-refractivity contribution >= 4 is 17.4 Å². The summed E-state index contributed by atoms with van der Waals surface area (Å²) in [5, 5.41) is 20.1. The Kier molecular flexibility index (Phi) is 8.31. The number of nitrogens with zero attached hydrogens (tertiary/aromatic N) is 4. The monoisotopic (exact) mass is 596 g/mol. The highest BCUT2D eigenvalue weighted by Crippen LogP contribution is 2.41. The van der Waals surface area contributed by atoms with Crippen LogP contribution in [0.25, 0.3) is 11.1 Å². The Morgan fingerprint density at radius 3 is 2.14 bits per heavy atom. The van der Waals surface area contributed by atoms with Crippen molar-refractivity contribution < 1.29 is 41.4 Å². The molecule has 0 bridgehead atoms. The number of pyridine rings is 2. The fourth-order valence-corrected chi connectivity index (χ4v) is 5.16. The molecule has 1 saturated heterocycles. The molecule has 0 saturated carbocycles. The number of amides is 1. The summed E-state index contributed by atoms with van der Waals surface area (Å²) in [6.07, 6.45) is -7.57. The third-order valence-electron chi connectivity index (χ3n) is 7.67. The van der Waals surface area contributed by atoms with Gasteiger partial charge in [0.05, 0.1) is 47.2 Å². The van der Waals surface area contributed by atoms with E-state index in [1.165, 1.54) is 27.1 Å². The Balaban J connectivity index is 1.82. The number of likely N-dealkylation sites (N-methyl/N-ethyl adjacent to an activating group) is 1. The molecule has 3 aromatic rings. The number of halogens is 6. The predicted octanol–water partition coefficient (Wildman–Crippen LogP) is 5.36. The van der Waals surface area contributed by atoms with E-state index in [0.717, 1.165) is 4.90 Å². The molecule has 1 amide bonds. The number of hydrogen-bond acceptors (Lipinski definition) is 6. The summed E-state index contributed by atoms with van der Waals surface area (Å²) < 4.78 is 81.4. The van der Waals surface area contributed by atoms with Gasteiger partial charge < -0.3 is 20.0 Å². The molecule has 2 N–H and O–H groups in total. The maximum atomic E-state index is 13.9. The predicted molar refractivity (Wildman–Crippen MR) is 144 cm³/mol. The Morgan fingerprint density at radius 2 is 1.60 bits per heavy atom. The molecule has 0 spiro atoms. The Morgan fingerprint density at radius 1 is 1.00 bits per heavy atom. The summed E-state index contributed by atoms with van der Waals surface area (Å²) in [5.41, 5.74) is -3.42. The molecule has 1 fully saturated rings. The minimum Gasteiger partial charge on any atom is -0.394 e. The first-order valence-corrected chi connectivity index (χ1v) is 13.0. The van der Waals surface area contributed by atoms with Gasteiger partial charge in [-0.15, -0.1) is 0 Å². The van der Waals surface area contributed by atoms with E-state index in [-0.39, 0.29) is 18.4 Å². The fourth-order valence-electron chi connectivity index (χ4n) is 5.16. The number of aryl methyl sites for hydroxylation is 1. The van der Waals surface area contributed by atoms with Crippen LogP contribution in [0.1, 0.15) is 42.7 Å². The van der Waals surface area contributed by atoms with Crippen molar-refractivity contribution in [2.45, 2.75) is 57.1 Å². The molecular formula is C29H30F6N4O3. The largest absolute Gasteiger partial charge is 0.416 e. The van der Waals surface area contributed by atoms with Gasteiger partial charge in [0.25, 0.3) is 0 Å². The number of benzene rings is 1. The van der Waals surface area contributed by atoms with Crippen LogP contribution in [0.3, 0.4) is 0 Å². The van der Waals surface area contributed by atoms with Crippen molar-refractivity contribution in [2.24, 2.45) is 0 Å². The zero-order valence-corrected chi connectivity index (χ0v) is 23.3. The van der Waals surface area contributed by atoms with Gasteiger partial charge in [-0.05, 0) is 63.1 Å². The van der Waals surface area contributed by atoms with E-state index < -0.39 is 52.5 Å². The minimum absolute atomic E-state index is 0.0225. The SMILES string of the molecule is Cc1ncccc1-c1cc(N2CC[C@H](O)[C@H]2CO)ncc1N(C)C(=O)C(C)(C)c1cc(C(F)(F)F)cc(C(F)(F)F)c1. The highest BCUT2D eigenvalue weighted by atomic mass is 19.4. The lowest BCUT2D eigenvalue weighted by atomic mass is 9.81. The second-order valence-electron chi connectivity index (χ2n) is 10.8. The van der Waals surface area contributed by atoms with Gasteiger partial charge in [-0.3, -0.25) is 9.78 Å². The average molecular weight is 597 g/mol. The van der Waals surface area contributed by atoms with E-state index in [4.69, 9.17) is 0 Å². The van der Waals surface area contributed by atoms with Gasteiger partial charge in [0.1, 0.15) is 5.82 Å². The number of carbonyl (C=O) groups excluding carboxylic acids is 1. The van der Waals surface area contributed by atoms with Gasteiger partial charge in [-0.1, -0.05) is 6.07 Å². The maximum absolute atomic E-state index is 13.9. The highest BCUT2D eigenvalue weighted by Gasteiger charge is 2.41. The Labute approximate surface area is 238 Å². The number of aliphatic hydroxyl groups is 2. The zero-order chi connectivity index (χ0) is 31.2. The molecule has 2 aromatic heterocycles. The third kappa shape index (κ3) is 5.93. The molecule has 2 atom stereocenters. The second kappa shape index (κ2) is 11.2. The first kappa shape index (κ1) is 31.2. The van der Waals surface area contributed by atoms with Crippen LogP contribution < -0.4 is 9.80 Å². The first-order chi connectivity index (χ1) is 19.5. The van der Waals surface area contributed by atoms with E-state index in [0.29, 0.717) is 47.7 Å². The summed E-state index contributed by atoms with van der Waals surface area (Å²) in [5.74, 6) is -0.377. The number of aliphatic hydroxyl groups excluding tert-OH is 2. The van der Waals surface area contributed by atoms with Gasteiger partial charge >= 0.3 is 12.4 Å². The molecule has 3 heterocycles. The second-order valence-corrected chi connectivity index (χ2v) is 10.8. The quantitative estimate of drug-likeness (QED) is 0.373. The summed E-state index contributed by atoms with van der Waals surface area (Å²) in [6, 6.07) is 5.62. The summed E-state index contributed by atoms with van der Waals surface area (Å²) in [7, 11) is 1.37. The summed E-state index contributed by atoms with van der Waals surface area (Å²) in [6.45, 7) is 4.34. The molecule has 0 unspecified atom stereocenters. The average Bonchev–Trinajstić information content (AvgIpc) is 3.31.